The average molecular weight is 553 g/mol. The predicted molar refractivity (Wildman–Crippen MR) is 181 cm³/mol. The average Bonchev–Trinajstić information content (AvgIpc) is 3.44. The molecular weight excluding hydrogens is 524 g/mol. The molecular formula is C40H28N2O. The minimum Gasteiger partial charge on any atom is -0.454 e. The Morgan fingerprint density at radius 3 is 1.40 bits per heavy atom. The van der Waals surface area contributed by atoms with Crippen molar-refractivity contribution in [2.24, 2.45) is 0 Å². The third-order valence-corrected chi connectivity index (χ3v) is 7.99. The van der Waals surface area contributed by atoms with E-state index in [9.17, 15) is 0 Å². The van der Waals surface area contributed by atoms with E-state index in [1.54, 1.807) is 0 Å². The van der Waals surface area contributed by atoms with Gasteiger partial charge >= 0.3 is 0 Å². The summed E-state index contributed by atoms with van der Waals surface area (Å²) >= 11 is 0. The van der Waals surface area contributed by atoms with Crippen molar-refractivity contribution in [1.29, 1.82) is 0 Å². The number of furan rings is 1. The first kappa shape index (κ1) is 25.0. The summed E-state index contributed by atoms with van der Waals surface area (Å²) in [5, 5.41) is 4.61. The lowest BCUT2D eigenvalue weighted by molar-refractivity contribution is 0.669. The van der Waals surface area contributed by atoms with Gasteiger partial charge in [0.1, 0.15) is 5.58 Å². The van der Waals surface area contributed by atoms with Gasteiger partial charge in [0.2, 0.25) is 0 Å². The van der Waals surface area contributed by atoms with Crippen LogP contribution in [0.4, 0.5) is 34.1 Å². The normalized spacial score (nSPS) is 11.3. The van der Waals surface area contributed by atoms with Gasteiger partial charge in [-0.15, -0.1) is 0 Å². The number of anilines is 6. The second kappa shape index (κ2) is 10.6. The third kappa shape index (κ3) is 4.48. The number of nitrogens with zero attached hydrogens (tertiary/aromatic N) is 2. The fourth-order valence-electron chi connectivity index (χ4n) is 6.00. The molecule has 0 aliphatic heterocycles. The Kier molecular flexibility index (Phi) is 6.12. The zero-order valence-electron chi connectivity index (χ0n) is 23.5. The fourth-order valence-corrected chi connectivity index (χ4v) is 6.00. The van der Waals surface area contributed by atoms with Gasteiger partial charge in [0.15, 0.2) is 5.58 Å². The van der Waals surface area contributed by atoms with Crippen LogP contribution in [0.5, 0.6) is 0 Å². The highest BCUT2D eigenvalue weighted by atomic mass is 16.3. The lowest BCUT2D eigenvalue weighted by Gasteiger charge is -2.28. The van der Waals surface area contributed by atoms with Gasteiger partial charge in [0.05, 0.1) is 5.69 Å². The topological polar surface area (TPSA) is 19.6 Å². The summed E-state index contributed by atoms with van der Waals surface area (Å²) < 4.78 is 6.64. The summed E-state index contributed by atoms with van der Waals surface area (Å²) in [7, 11) is 0. The van der Waals surface area contributed by atoms with Crippen molar-refractivity contribution in [3.63, 3.8) is 0 Å². The molecule has 0 saturated heterocycles. The monoisotopic (exact) mass is 552 g/mol. The van der Waals surface area contributed by atoms with Gasteiger partial charge in [-0.05, 0) is 89.6 Å². The number of fused-ring (bicyclic) bond motifs is 4. The second-order valence-electron chi connectivity index (χ2n) is 10.6. The van der Waals surface area contributed by atoms with Gasteiger partial charge < -0.3 is 14.2 Å². The van der Waals surface area contributed by atoms with E-state index < -0.39 is 0 Å². The van der Waals surface area contributed by atoms with E-state index in [0.717, 1.165) is 56.1 Å². The van der Waals surface area contributed by atoms with Crippen molar-refractivity contribution in [2.45, 2.75) is 0 Å². The van der Waals surface area contributed by atoms with Gasteiger partial charge in [0.25, 0.3) is 0 Å². The molecule has 0 atom stereocenters. The standard InChI is InChI=1S/C40H28N2O/c1-4-15-31(16-5-1)41(32-17-6-2-7-18-32)34-23-25-35(26-24-34)42(33-19-8-3-9-20-33)38-22-12-21-36-37-27-29-13-10-11-14-30(29)28-39(37)43-40(36)38/h1-28H. The molecule has 0 spiro atoms. The molecule has 0 unspecified atom stereocenters. The predicted octanol–water partition coefficient (Wildman–Crippen LogP) is 11.7. The van der Waals surface area contributed by atoms with Gasteiger partial charge in [0, 0.05) is 39.2 Å². The van der Waals surface area contributed by atoms with Crippen molar-refractivity contribution in [3.05, 3.63) is 170 Å². The van der Waals surface area contributed by atoms with Crippen molar-refractivity contribution in [3.8, 4) is 0 Å². The highest BCUT2D eigenvalue weighted by molar-refractivity contribution is 6.13. The maximum absolute atomic E-state index is 6.64. The molecule has 8 rings (SSSR count). The maximum atomic E-state index is 6.64. The van der Waals surface area contributed by atoms with Crippen LogP contribution in [0.15, 0.2) is 174 Å². The highest BCUT2D eigenvalue weighted by Gasteiger charge is 2.20. The zero-order chi connectivity index (χ0) is 28.6. The first-order chi connectivity index (χ1) is 21.3. The molecule has 1 aromatic heterocycles. The number of benzene rings is 7. The number of hydrogen-bond donors (Lipinski definition) is 0. The molecule has 0 saturated carbocycles. The molecule has 0 radical (unpaired) electrons. The fraction of sp³-hybridized carbons (Fsp3) is 0. The number of hydrogen-bond acceptors (Lipinski definition) is 3. The van der Waals surface area contributed by atoms with E-state index in [0.29, 0.717) is 0 Å². The summed E-state index contributed by atoms with van der Waals surface area (Å²) in [6.45, 7) is 0. The van der Waals surface area contributed by atoms with Gasteiger partial charge in [-0.1, -0.05) is 91.0 Å². The molecule has 0 fully saturated rings. The van der Waals surface area contributed by atoms with Gasteiger partial charge in [-0.2, -0.15) is 0 Å². The van der Waals surface area contributed by atoms with Gasteiger partial charge in [-0.3, -0.25) is 0 Å². The Balaban J connectivity index is 1.28. The molecule has 0 N–H and O–H groups in total. The summed E-state index contributed by atoms with van der Waals surface area (Å²) in [6.07, 6.45) is 0. The van der Waals surface area contributed by atoms with Crippen molar-refractivity contribution in [1.82, 2.24) is 0 Å². The van der Waals surface area contributed by atoms with Crippen LogP contribution in [0.2, 0.25) is 0 Å². The molecule has 3 nitrogen and oxygen atoms in total. The van der Waals surface area contributed by atoms with E-state index in [1.165, 1.54) is 10.8 Å². The number of rotatable bonds is 6. The largest absolute Gasteiger partial charge is 0.454 e. The van der Waals surface area contributed by atoms with Crippen LogP contribution in [0.3, 0.4) is 0 Å². The summed E-state index contributed by atoms with van der Waals surface area (Å²) in [6, 6.07) is 59.5. The van der Waals surface area contributed by atoms with Crippen LogP contribution in [-0.2, 0) is 0 Å². The number of para-hydroxylation sites is 4. The van der Waals surface area contributed by atoms with Crippen LogP contribution in [0.1, 0.15) is 0 Å². The molecule has 7 aromatic carbocycles. The Morgan fingerprint density at radius 1 is 0.349 bits per heavy atom. The van der Waals surface area contributed by atoms with E-state index >= 15 is 0 Å². The van der Waals surface area contributed by atoms with Crippen LogP contribution < -0.4 is 9.80 Å². The first-order valence-electron chi connectivity index (χ1n) is 14.5. The molecule has 8 aromatic rings. The Hall–Kier alpha value is -5.80. The van der Waals surface area contributed by atoms with Gasteiger partial charge in [-0.25, -0.2) is 0 Å². The first-order valence-corrected chi connectivity index (χ1v) is 14.5. The highest BCUT2D eigenvalue weighted by Crippen LogP contribution is 2.43. The minimum absolute atomic E-state index is 0.871. The summed E-state index contributed by atoms with van der Waals surface area (Å²) in [4.78, 5) is 4.56. The molecule has 3 heteroatoms. The second-order valence-corrected chi connectivity index (χ2v) is 10.6. The maximum Gasteiger partial charge on any atom is 0.159 e. The molecule has 43 heavy (non-hydrogen) atoms. The third-order valence-electron chi connectivity index (χ3n) is 7.99. The van der Waals surface area contributed by atoms with Crippen molar-refractivity contribution >= 4 is 66.8 Å². The quantitative estimate of drug-likeness (QED) is 0.205. The Bertz CT molecular complexity index is 2130. The molecule has 0 aliphatic rings. The SMILES string of the molecule is c1ccc(N(c2ccccc2)c2ccc(N(c3ccccc3)c3cccc4c3oc3cc5ccccc5cc34)cc2)cc1. The van der Waals surface area contributed by atoms with Crippen molar-refractivity contribution < 1.29 is 4.42 Å². The molecule has 1 heterocycles. The van der Waals surface area contributed by atoms with E-state index in [1.807, 2.05) is 0 Å². The Morgan fingerprint density at radius 2 is 0.814 bits per heavy atom. The zero-order valence-corrected chi connectivity index (χ0v) is 23.5. The van der Waals surface area contributed by atoms with Crippen LogP contribution in [0, 0.1) is 0 Å². The van der Waals surface area contributed by atoms with E-state index in [4.69, 9.17) is 4.42 Å². The summed E-state index contributed by atoms with van der Waals surface area (Å²) in [5.74, 6) is 0. The van der Waals surface area contributed by atoms with Crippen LogP contribution in [-0.4, -0.2) is 0 Å². The molecule has 204 valence electrons. The molecule has 0 aliphatic carbocycles. The van der Waals surface area contributed by atoms with Crippen LogP contribution >= 0.6 is 0 Å². The summed E-state index contributed by atoms with van der Waals surface area (Å²) in [5.41, 5.74) is 8.19. The lowest BCUT2D eigenvalue weighted by Crippen LogP contribution is -2.12. The van der Waals surface area contributed by atoms with E-state index in [-0.39, 0.29) is 0 Å². The smallest absolute Gasteiger partial charge is 0.159 e. The molecule has 0 bridgehead atoms. The lowest BCUT2D eigenvalue weighted by atomic mass is 10.1. The minimum atomic E-state index is 0.871. The Labute approximate surface area is 250 Å². The van der Waals surface area contributed by atoms with Crippen molar-refractivity contribution in [2.75, 3.05) is 9.80 Å². The molecule has 0 amide bonds. The van der Waals surface area contributed by atoms with Crippen LogP contribution in [0.25, 0.3) is 32.7 Å². The van der Waals surface area contributed by atoms with E-state index in [2.05, 4.69) is 180 Å².